The molecular weight excluding hydrogens is 286 g/mol. The SMILES string of the molecule is COc1ccc2c(c1)[C@H](CCO)C[C@@H]1c3ccccc3CCN21. The van der Waals surface area contributed by atoms with Crippen LogP contribution in [-0.4, -0.2) is 25.4 Å². The Bertz CT molecular complexity index is 713. The van der Waals surface area contributed by atoms with E-state index in [4.69, 9.17) is 4.74 Å². The zero-order chi connectivity index (χ0) is 15.8. The zero-order valence-electron chi connectivity index (χ0n) is 13.5. The van der Waals surface area contributed by atoms with E-state index >= 15 is 0 Å². The summed E-state index contributed by atoms with van der Waals surface area (Å²) in [5.74, 6) is 1.29. The van der Waals surface area contributed by atoms with Crippen LogP contribution in [0.25, 0.3) is 0 Å². The van der Waals surface area contributed by atoms with E-state index in [0.717, 1.165) is 31.6 Å². The van der Waals surface area contributed by atoms with Gasteiger partial charge in [0.2, 0.25) is 0 Å². The summed E-state index contributed by atoms with van der Waals surface area (Å²) in [6.45, 7) is 1.29. The van der Waals surface area contributed by atoms with Crippen molar-refractivity contribution in [2.45, 2.75) is 31.2 Å². The summed E-state index contributed by atoms with van der Waals surface area (Å²) in [6.07, 6.45) is 2.98. The topological polar surface area (TPSA) is 32.7 Å². The van der Waals surface area contributed by atoms with Crippen molar-refractivity contribution < 1.29 is 9.84 Å². The standard InChI is InChI=1S/C20H23NO2/c1-23-16-6-7-19-18(13-16)15(9-11-22)12-20-17-5-3-2-4-14(17)8-10-21(19)20/h2-7,13,15,20,22H,8-12H2,1H3/t15-,20-/m1/s1. The molecule has 0 spiro atoms. The summed E-state index contributed by atoms with van der Waals surface area (Å²) in [4.78, 5) is 2.55. The van der Waals surface area contributed by atoms with Gasteiger partial charge in [-0.2, -0.15) is 0 Å². The van der Waals surface area contributed by atoms with E-state index in [1.54, 1.807) is 7.11 Å². The Balaban J connectivity index is 1.80. The summed E-state index contributed by atoms with van der Waals surface area (Å²) in [5, 5.41) is 9.52. The van der Waals surface area contributed by atoms with Crippen molar-refractivity contribution in [3.8, 4) is 5.75 Å². The third kappa shape index (κ3) is 2.40. The van der Waals surface area contributed by atoms with Crippen molar-refractivity contribution in [1.82, 2.24) is 0 Å². The number of methoxy groups -OCH3 is 1. The van der Waals surface area contributed by atoms with Gasteiger partial charge in [0.15, 0.2) is 0 Å². The molecule has 2 atom stereocenters. The fraction of sp³-hybridized carbons (Fsp3) is 0.400. The molecule has 2 aromatic rings. The first-order valence-corrected chi connectivity index (χ1v) is 8.45. The largest absolute Gasteiger partial charge is 0.497 e. The van der Waals surface area contributed by atoms with Gasteiger partial charge >= 0.3 is 0 Å². The molecule has 0 aromatic heterocycles. The van der Waals surface area contributed by atoms with Gasteiger partial charge < -0.3 is 14.7 Å². The molecule has 1 N–H and O–H groups in total. The maximum absolute atomic E-state index is 9.52. The fourth-order valence-electron chi connectivity index (χ4n) is 4.27. The molecule has 0 unspecified atom stereocenters. The average Bonchev–Trinajstić information content (AvgIpc) is 2.61. The van der Waals surface area contributed by atoms with Crippen molar-refractivity contribution in [3.05, 3.63) is 59.2 Å². The van der Waals surface area contributed by atoms with Crippen molar-refractivity contribution in [3.63, 3.8) is 0 Å². The Morgan fingerprint density at radius 1 is 1.17 bits per heavy atom. The lowest BCUT2D eigenvalue weighted by atomic mass is 9.78. The molecule has 2 aliphatic rings. The Morgan fingerprint density at radius 3 is 2.87 bits per heavy atom. The molecule has 3 heteroatoms. The van der Waals surface area contributed by atoms with Crippen LogP contribution in [0.4, 0.5) is 5.69 Å². The second-order valence-electron chi connectivity index (χ2n) is 6.53. The number of fused-ring (bicyclic) bond motifs is 5. The minimum Gasteiger partial charge on any atom is -0.497 e. The highest BCUT2D eigenvalue weighted by atomic mass is 16.5. The molecule has 23 heavy (non-hydrogen) atoms. The molecule has 120 valence electrons. The van der Waals surface area contributed by atoms with Crippen LogP contribution >= 0.6 is 0 Å². The van der Waals surface area contributed by atoms with Crippen LogP contribution in [0.2, 0.25) is 0 Å². The number of ether oxygens (including phenoxy) is 1. The summed E-state index contributed by atoms with van der Waals surface area (Å²) >= 11 is 0. The molecule has 0 radical (unpaired) electrons. The zero-order valence-corrected chi connectivity index (χ0v) is 13.5. The highest BCUT2D eigenvalue weighted by Gasteiger charge is 2.36. The summed E-state index contributed by atoms with van der Waals surface area (Å²) in [6, 6.07) is 15.7. The number of nitrogens with zero attached hydrogens (tertiary/aromatic N) is 1. The molecule has 2 heterocycles. The molecule has 0 bridgehead atoms. The average molecular weight is 309 g/mol. The molecule has 0 saturated carbocycles. The molecule has 4 rings (SSSR count). The highest BCUT2D eigenvalue weighted by Crippen LogP contribution is 2.49. The molecule has 0 aliphatic carbocycles. The lowest BCUT2D eigenvalue weighted by Gasteiger charge is -2.46. The van der Waals surface area contributed by atoms with Crippen molar-refractivity contribution in [2.24, 2.45) is 0 Å². The van der Waals surface area contributed by atoms with Crippen LogP contribution in [0.5, 0.6) is 5.75 Å². The maximum atomic E-state index is 9.52. The number of hydrogen-bond acceptors (Lipinski definition) is 3. The Kier molecular flexibility index (Phi) is 3.74. The van der Waals surface area contributed by atoms with Gasteiger partial charge in [0.1, 0.15) is 5.75 Å². The molecule has 2 aliphatic heterocycles. The van der Waals surface area contributed by atoms with Gasteiger partial charge in [-0.15, -0.1) is 0 Å². The van der Waals surface area contributed by atoms with Gasteiger partial charge in [0, 0.05) is 18.8 Å². The number of aliphatic hydroxyl groups is 1. The summed E-state index contributed by atoms with van der Waals surface area (Å²) < 4.78 is 5.42. The molecule has 0 amide bonds. The number of aliphatic hydroxyl groups excluding tert-OH is 1. The molecule has 0 saturated heterocycles. The predicted octanol–water partition coefficient (Wildman–Crippen LogP) is 3.67. The van der Waals surface area contributed by atoms with E-state index in [1.165, 1.54) is 22.4 Å². The number of rotatable bonds is 3. The van der Waals surface area contributed by atoms with Crippen molar-refractivity contribution in [1.29, 1.82) is 0 Å². The molecule has 2 aromatic carbocycles. The monoisotopic (exact) mass is 309 g/mol. The Labute approximate surface area is 137 Å². The van der Waals surface area contributed by atoms with Crippen LogP contribution in [0.15, 0.2) is 42.5 Å². The number of benzene rings is 2. The minimum absolute atomic E-state index is 0.232. The number of anilines is 1. The van der Waals surface area contributed by atoms with Gasteiger partial charge in [0.05, 0.1) is 13.2 Å². The van der Waals surface area contributed by atoms with Crippen LogP contribution in [0.3, 0.4) is 0 Å². The van der Waals surface area contributed by atoms with Gasteiger partial charge in [-0.05, 0) is 60.1 Å². The van der Waals surface area contributed by atoms with Crippen molar-refractivity contribution in [2.75, 3.05) is 25.2 Å². The molecular formula is C20H23NO2. The van der Waals surface area contributed by atoms with E-state index in [0.29, 0.717) is 12.0 Å². The van der Waals surface area contributed by atoms with Crippen LogP contribution in [0.1, 0.15) is 41.5 Å². The maximum Gasteiger partial charge on any atom is 0.119 e. The van der Waals surface area contributed by atoms with Crippen LogP contribution < -0.4 is 9.64 Å². The van der Waals surface area contributed by atoms with Crippen LogP contribution in [0, 0.1) is 0 Å². The highest BCUT2D eigenvalue weighted by molar-refractivity contribution is 5.63. The van der Waals surface area contributed by atoms with Crippen molar-refractivity contribution >= 4 is 5.69 Å². The predicted molar refractivity (Wildman–Crippen MR) is 92.3 cm³/mol. The summed E-state index contributed by atoms with van der Waals surface area (Å²) in [5.41, 5.74) is 5.58. The quantitative estimate of drug-likeness (QED) is 0.939. The Hall–Kier alpha value is -2.00. The fourth-order valence-corrected chi connectivity index (χ4v) is 4.27. The smallest absolute Gasteiger partial charge is 0.119 e. The lowest BCUT2D eigenvalue weighted by molar-refractivity contribution is 0.265. The second-order valence-corrected chi connectivity index (χ2v) is 6.53. The first-order chi connectivity index (χ1) is 11.3. The van der Waals surface area contributed by atoms with Gasteiger partial charge in [-0.3, -0.25) is 0 Å². The minimum atomic E-state index is 0.232. The lowest BCUT2D eigenvalue weighted by Crippen LogP contribution is -2.40. The first kappa shape index (κ1) is 14.6. The number of hydrogen-bond donors (Lipinski definition) is 1. The third-order valence-electron chi connectivity index (χ3n) is 5.38. The first-order valence-electron chi connectivity index (χ1n) is 8.45. The van der Waals surface area contributed by atoms with Gasteiger partial charge in [0.25, 0.3) is 0 Å². The third-order valence-corrected chi connectivity index (χ3v) is 5.38. The normalized spacial score (nSPS) is 22.1. The van der Waals surface area contributed by atoms with Crippen LogP contribution in [-0.2, 0) is 6.42 Å². The van der Waals surface area contributed by atoms with Gasteiger partial charge in [-0.1, -0.05) is 24.3 Å². The van der Waals surface area contributed by atoms with E-state index in [2.05, 4.69) is 47.4 Å². The van der Waals surface area contributed by atoms with E-state index in [9.17, 15) is 5.11 Å². The second kappa shape index (κ2) is 5.89. The Morgan fingerprint density at radius 2 is 2.04 bits per heavy atom. The molecule has 0 fully saturated rings. The van der Waals surface area contributed by atoms with Gasteiger partial charge in [-0.25, -0.2) is 0 Å². The van der Waals surface area contributed by atoms with E-state index in [1.807, 2.05) is 0 Å². The molecule has 3 nitrogen and oxygen atoms in total. The summed E-state index contributed by atoms with van der Waals surface area (Å²) in [7, 11) is 1.71. The van der Waals surface area contributed by atoms with E-state index in [-0.39, 0.29) is 6.61 Å². The van der Waals surface area contributed by atoms with E-state index < -0.39 is 0 Å².